The lowest BCUT2D eigenvalue weighted by atomic mass is 9.64. The number of phenolic OH excluding ortho intramolecular Hbond substituents is 2. The molecule has 12 aromatic rings. The molecule has 0 saturated heterocycles. The fourth-order valence-corrected chi connectivity index (χ4v) is 11.2. The van der Waals surface area contributed by atoms with Crippen molar-refractivity contribution in [1.29, 1.82) is 0 Å². The Labute approximate surface area is 364 Å². The predicted molar refractivity (Wildman–Crippen MR) is 263 cm³/mol. The molecular weight excluding hydrogens is 765 g/mol. The van der Waals surface area contributed by atoms with Crippen LogP contribution >= 0.6 is 0 Å². The molecule has 0 saturated carbocycles. The molecule has 0 radical (unpaired) electrons. The van der Waals surface area contributed by atoms with Gasteiger partial charge in [-0.25, -0.2) is 0 Å². The van der Waals surface area contributed by atoms with Gasteiger partial charge in [0.2, 0.25) is 0 Å². The third-order valence-corrected chi connectivity index (χ3v) is 13.8. The highest BCUT2D eigenvalue weighted by Gasteiger charge is 2.49. The van der Waals surface area contributed by atoms with Gasteiger partial charge in [-0.1, -0.05) is 170 Å². The molecule has 0 aliphatic heterocycles. The molecule has 0 atom stereocenters. The molecule has 2 N–H and O–H groups in total. The first-order chi connectivity index (χ1) is 31.0. The summed E-state index contributed by atoms with van der Waals surface area (Å²) in [5.41, 5.74) is 11.0. The molecule has 63 heavy (non-hydrogen) atoms. The predicted octanol–water partition coefficient (Wildman–Crippen LogP) is 15.7. The van der Waals surface area contributed by atoms with E-state index in [-0.39, 0.29) is 11.5 Å². The van der Waals surface area contributed by atoms with Crippen LogP contribution in [0, 0.1) is 0 Å². The summed E-state index contributed by atoms with van der Waals surface area (Å²) in [7, 11) is 0. The summed E-state index contributed by atoms with van der Waals surface area (Å²) in [6.45, 7) is 0. The maximum absolute atomic E-state index is 10.7. The van der Waals surface area contributed by atoms with Crippen LogP contribution in [0.5, 0.6) is 11.5 Å². The Morgan fingerprint density at radius 1 is 0.238 bits per heavy atom. The highest BCUT2D eigenvalue weighted by atomic mass is 16.3. The van der Waals surface area contributed by atoms with E-state index in [4.69, 9.17) is 0 Å². The molecule has 294 valence electrons. The molecule has 2 nitrogen and oxygen atoms in total. The fraction of sp³-hybridized carbons (Fsp3) is 0.0164. The highest BCUT2D eigenvalue weighted by Crippen LogP contribution is 2.62. The van der Waals surface area contributed by atoms with Crippen LogP contribution in [0.2, 0.25) is 0 Å². The van der Waals surface area contributed by atoms with E-state index in [1.54, 1.807) is 12.1 Å². The topological polar surface area (TPSA) is 40.5 Å². The molecule has 0 unspecified atom stereocenters. The van der Waals surface area contributed by atoms with Gasteiger partial charge in [0.25, 0.3) is 0 Å². The van der Waals surface area contributed by atoms with Crippen LogP contribution in [0.4, 0.5) is 0 Å². The van der Waals surface area contributed by atoms with Gasteiger partial charge in [0.05, 0.1) is 5.41 Å². The van der Waals surface area contributed by atoms with Crippen molar-refractivity contribution in [2.45, 2.75) is 5.41 Å². The Kier molecular flexibility index (Phi) is 7.56. The van der Waals surface area contributed by atoms with Crippen LogP contribution in [-0.4, -0.2) is 10.2 Å². The van der Waals surface area contributed by atoms with Gasteiger partial charge in [0.15, 0.2) is 0 Å². The SMILES string of the molecule is Oc1ccc2cc(C3(c4ccc5cc(O)ccc5c4)c4c(cccc4-c4cc5ccccc5c5ccccc45)-c4cccc(-c5cc6ccccc6c6ccccc56)c43)ccc2c1. The Morgan fingerprint density at radius 3 is 1.03 bits per heavy atom. The maximum Gasteiger partial charge on any atom is 0.116 e. The van der Waals surface area contributed by atoms with Crippen molar-refractivity contribution in [1.82, 2.24) is 0 Å². The van der Waals surface area contributed by atoms with Gasteiger partial charge < -0.3 is 10.2 Å². The lowest BCUT2D eigenvalue weighted by Crippen LogP contribution is -2.30. The molecule has 2 heteroatoms. The number of hydrogen-bond donors (Lipinski definition) is 2. The van der Waals surface area contributed by atoms with E-state index < -0.39 is 5.41 Å². The molecule has 12 aromatic carbocycles. The smallest absolute Gasteiger partial charge is 0.116 e. The summed E-state index contributed by atoms with van der Waals surface area (Å²) in [5.74, 6) is 0.491. The molecule has 13 rings (SSSR count). The Balaban J connectivity index is 1.25. The standard InChI is InChI=1S/C61H38O2/c62-45-29-25-37-31-43(27-23-39(37)33-45)61(44-28-24-40-34-46(63)30-26-38(40)32-44)59-53(19-9-21-55(59)57-35-41-11-1-3-13-47(41)49-15-5-7-17-51(49)57)54-20-10-22-56(60(54)61)58-36-42-12-2-4-14-48(42)50-16-6-8-18-52(50)58/h1-36,62-63H. The molecule has 0 fully saturated rings. The first kappa shape index (κ1) is 35.5. The molecule has 1 aliphatic carbocycles. The van der Waals surface area contributed by atoms with Gasteiger partial charge in [-0.2, -0.15) is 0 Å². The second kappa shape index (κ2) is 13.4. The van der Waals surface area contributed by atoms with Crippen molar-refractivity contribution in [3.05, 3.63) is 241 Å². The van der Waals surface area contributed by atoms with Crippen molar-refractivity contribution in [2.24, 2.45) is 0 Å². The van der Waals surface area contributed by atoms with Crippen LogP contribution in [0.1, 0.15) is 22.3 Å². The molecule has 1 aliphatic rings. The summed E-state index contributed by atoms with van der Waals surface area (Å²) in [5, 5.41) is 35.1. The van der Waals surface area contributed by atoms with Crippen LogP contribution in [0.25, 0.3) is 98.0 Å². The summed E-state index contributed by atoms with van der Waals surface area (Å²) < 4.78 is 0. The zero-order valence-electron chi connectivity index (χ0n) is 34.2. The zero-order valence-corrected chi connectivity index (χ0v) is 34.2. The molecule has 0 spiro atoms. The summed E-state index contributed by atoms with van der Waals surface area (Å²) in [6.07, 6.45) is 0. The van der Waals surface area contributed by atoms with E-state index in [9.17, 15) is 10.2 Å². The summed E-state index contributed by atoms with van der Waals surface area (Å²) >= 11 is 0. The number of rotatable bonds is 4. The van der Waals surface area contributed by atoms with E-state index in [1.807, 2.05) is 24.3 Å². The number of hydrogen-bond acceptors (Lipinski definition) is 2. The van der Waals surface area contributed by atoms with Crippen LogP contribution < -0.4 is 0 Å². The Morgan fingerprint density at radius 2 is 0.587 bits per heavy atom. The minimum Gasteiger partial charge on any atom is -0.508 e. The monoisotopic (exact) mass is 802 g/mol. The molecule has 0 bridgehead atoms. The van der Waals surface area contributed by atoms with E-state index in [1.165, 1.54) is 87.6 Å². The lowest BCUT2D eigenvalue weighted by Gasteiger charge is -2.37. The van der Waals surface area contributed by atoms with E-state index in [2.05, 4.69) is 182 Å². The van der Waals surface area contributed by atoms with Gasteiger partial charge in [0, 0.05) is 0 Å². The minimum atomic E-state index is -0.852. The maximum atomic E-state index is 10.7. The average molecular weight is 803 g/mol. The van der Waals surface area contributed by atoms with E-state index >= 15 is 0 Å². The average Bonchev–Trinajstić information content (AvgIpc) is 3.65. The first-order valence-corrected chi connectivity index (χ1v) is 21.6. The Hall–Kier alpha value is -8.20. The van der Waals surface area contributed by atoms with E-state index in [0.717, 1.165) is 32.7 Å². The normalized spacial score (nSPS) is 13.0. The van der Waals surface area contributed by atoms with Crippen molar-refractivity contribution >= 4 is 64.6 Å². The van der Waals surface area contributed by atoms with Gasteiger partial charge in [0.1, 0.15) is 11.5 Å². The summed E-state index contributed by atoms with van der Waals surface area (Å²) in [6, 6.07) is 78.7. The zero-order chi connectivity index (χ0) is 41.8. The number of aromatic hydroxyl groups is 2. The summed E-state index contributed by atoms with van der Waals surface area (Å²) in [4.78, 5) is 0. The number of fused-ring (bicyclic) bond motifs is 11. The fourth-order valence-electron chi connectivity index (χ4n) is 11.2. The van der Waals surface area contributed by atoms with Gasteiger partial charge in [-0.05, 0) is 169 Å². The highest BCUT2D eigenvalue weighted by molar-refractivity contribution is 6.17. The molecule has 0 amide bonds. The van der Waals surface area contributed by atoms with Crippen molar-refractivity contribution in [3.63, 3.8) is 0 Å². The second-order valence-corrected chi connectivity index (χ2v) is 17.1. The number of benzene rings is 12. The van der Waals surface area contributed by atoms with Crippen LogP contribution in [0.3, 0.4) is 0 Å². The largest absolute Gasteiger partial charge is 0.508 e. The quantitative estimate of drug-likeness (QED) is 0.174. The third-order valence-electron chi connectivity index (χ3n) is 13.8. The second-order valence-electron chi connectivity index (χ2n) is 17.1. The first-order valence-electron chi connectivity index (χ1n) is 21.6. The third kappa shape index (κ3) is 5.13. The van der Waals surface area contributed by atoms with Gasteiger partial charge in [-0.3, -0.25) is 0 Å². The van der Waals surface area contributed by atoms with Gasteiger partial charge >= 0.3 is 0 Å². The van der Waals surface area contributed by atoms with Crippen LogP contribution in [0.15, 0.2) is 218 Å². The van der Waals surface area contributed by atoms with E-state index in [0.29, 0.717) is 0 Å². The molecular formula is C61H38O2. The van der Waals surface area contributed by atoms with Crippen molar-refractivity contribution in [3.8, 4) is 44.9 Å². The molecule has 0 heterocycles. The Bertz CT molecular complexity index is 3640. The minimum absolute atomic E-state index is 0.246. The van der Waals surface area contributed by atoms with Crippen molar-refractivity contribution < 1.29 is 10.2 Å². The van der Waals surface area contributed by atoms with Crippen LogP contribution in [-0.2, 0) is 5.41 Å². The van der Waals surface area contributed by atoms with Crippen molar-refractivity contribution in [2.75, 3.05) is 0 Å². The lowest BCUT2D eigenvalue weighted by molar-refractivity contribution is 0.475. The number of phenols is 2. The van der Waals surface area contributed by atoms with Gasteiger partial charge in [-0.15, -0.1) is 0 Å². The molecule has 0 aromatic heterocycles.